The molecule has 1 aromatic carbocycles. The zero-order valence-corrected chi connectivity index (χ0v) is 11.5. The SMILES string of the molecule is N=Cc1cc(N)ccc1NCCCN1CCCCC1. The molecular weight excluding hydrogens is 236 g/mol. The summed E-state index contributed by atoms with van der Waals surface area (Å²) in [6.45, 7) is 4.63. The van der Waals surface area contributed by atoms with Gasteiger partial charge >= 0.3 is 0 Å². The van der Waals surface area contributed by atoms with Gasteiger partial charge < -0.3 is 21.4 Å². The molecule has 4 heteroatoms. The van der Waals surface area contributed by atoms with Crippen molar-refractivity contribution in [2.45, 2.75) is 25.7 Å². The van der Waals surface area contributed by atoms with E-state index in [-0.39, 0.29) is 0 Å². The van der Waals surface area contributed by atoms with E-state index in [0.717, 1.165) is 24.2 Å². The highest BCUT2D eigenvalue weighted by molar-refractivity contribution is 5.87. The lowest BCUT2D eigenvalue weighted by Gasteiger charge is -2.26. The van der Waals surface area contributed by atoms with Gasteiger partial charge in [-0.3, -0.25) is 0 Å². The number of piperidine rings is 1. The summed E-state index contributed by atoms with van der Waals surface area (Å²) in [5, 5.41) is 10.8. The Labute approximate surface area is 115 Å². The molecule has 0 radical (unpaired) electrons. The fourth-order valence-electron chi connectivity index (χ4n) is 2.57. The van der Waals surface area contributed by atoms with Crippen LogP contribution in [0.3, 0.4) is 0 Å². The topological polar surface area (TPSA) is 65.1 Å². The van der Waals surface area contributed by atoms with E-state index in [1.807, 2.05) is 18.2 Å². The Hall–Kier alpha value is -1.55. The first-order valence-corrected chi connectivity index (χ1v) is 7.16. The van der Waals surface area contributed by atoms with Crippen molar-refractivity contribution in [3.8, 4) is 0 Å². The van der Waals surface area contributed by atoms with Crippen molar-refractivity contribution in [2.75, 3.05) is 37.2 Å². The van der Waals surface area contributed by atoms with Gasteiger partial charge in [-0.1, -0.05) is 6.42 Å². The number of rotatable bonds is 6. The Bertz CT molecular complexity index is 411. The van der Waals surface area contributed by atoms with Crippen molar-refractivity contribution in [3.63, 3.8) is 0 Å². The second-order valence-electron chi connectivity index (χ2n) is 5.17. The molecule has 1 aliphatic rings. The van der Waals surface area contributed by atoms with Crippen LogP contribution in [-0.4, -0.2) is 37.3 Å². The molecule has 4 nitrogen and oxygen atoms in total. The third kappa shape index (κ3) is 4.24. The minimum atomic E-state index is 0.706. The number of nitrogen functional groups attached to an aromatic ring is 1. The number of hydrogen-bond acceptors (Lipinski definition) is 4. The second kappa shape index (κ2) is 7.14. The van der Waals surface area contributed by atoms with Gasteiger partial charge in [0.15, 0.2) is 0 Å². The second-order valence-corrected chi connectivity index (χ2v) is 5.17. The number of nitrogens with one attached hydrogen (secondary N) is 2. The Balaban J connectivity index is 1.74. The van der Waals surface area contributed by atoms with Crippen LogP contribution < -0.4 is 11.1 Å². The van der Waals surface area contributed by atoms with Crippen molar-refractivity contribution in [1.29, 1.82) is 5.41 Å². The third-order valence-electron chi connectivity index (χ3n) is 3.65. The highest BCUT2D eigenvalue weighted by atomic mass is 15.1. The van der Waals surface area contributed by atoms with E-state index >= 15 is 0 Å². The first-order chi connectivity index (χ1) is 9.29. The standard InChI is InChI=1S/C15H24N4/c16-12-13-11-14(17)5-6-15(13)18-7-4-10-19-8-2-1-3-9-19/h5-6,11-12,16,18H,1-4,7-10,17H2. The van der Waals surface area contributed by atoms with Gasteiger partial charge in [-0.25, -0.2) is 0 Å². The van der Waals surface area contributed by atoms with E-state index in [4.69, 9.17) is 11.1 Å². The summed E-state index contributed by atoms with van der Waals surface area (Å²) in [6, 6.07) is 5.66. The maximum atomic E-state index is 7.39. The summed E-state index contributed by atoms with van der Waals surface area (Å²) >= 11 is 0. The van der Waals surface area contributed by atoms with Crippen LogP contribution >= 0.6 is 0 Å². The molecule has 2 rings (SSSR count). The quantitative estimate of drug-likeness (QED) is 0.418. The van der Waals surface area contributed by atoms with Crippen LogP contribution in [0.2, 0.25) is 0 Å². The number of nitrogens with zero attached hydrogens (tertiary/aromatic N) is 1. The van der Waals surface area contributed by atoms with Crippen LogP contribution in [-0.2, 0) is 0 Å². The maximum absolute atomic E-state index is 7.39. The minimum absolute atomic E-state index is 0.706. The normalized spacial score (nSPS) is 16.2. The number of hydrogen-bond donors (Lipinski definition) is 3. The zero-order chi connectivity index (χ0) is 13.5. The molecule has 1 aromatic rings. The largest absolute Gasteiger partial charge is 0.399 e. The predicted octanol–water partition coefficient (Wildman–Crippen LogP) is 2.55. The molecule has 104 valence electrons. The van der Waals surface area contributed by atoms with Crippen molar-refractivity contribution in [1.82, 2.24) is 4.90 Å². The number of nitrogens with two attached hydrogens (primary N) is 1. The summed E-state index contributed by atoms with van der Waals surface area (Å²) in [6.07, 6.45) is 6.58. The Morgan fingerprint density at radius 1 is 1.26 bits per heavy atom. The summed E-state index contributed by atoms with van der Waals surface area (Å²) in [7, 11) is 0. The van der Waals surface area contributed by atoms with E-state index in [1.54, 1.807) is 0 Å². The maximum Gasteiger partial charge on any atom is 0.0430 e. The predicted molar refractivity (Wildman–Crippen MR) is 82.1 cm³/mol. The molecule has 0 aliphatic carbocycles. The number of anilines is 2. The lowest BCUT2D eigenvalue weighted by atomic mass is 10.1. The molecule has 0 amide bonds. The summed E-state index contributed by atoms with van der Waals surface area (Å²) in [5.74, 6) is 0. The van der Waals surface area contributed by atoms with Gasteiger partial charge in [-0.05, 0) is 57.1 Å². The summed E-state index contributed by atoms with van der Waals surface area (Å²) in [5.41, 5.74) is 8.29. The average Bonchev–Trinajstić information content (AvgIpc) is 2.46. The van der Waals surface area contributed by atoms with Gasteiger partial charge in [0.05, 0.1) is 0 Å². The van der Waals surface area contributed by atoms with Crippen LogP contribution in [0.15, 0.2) is 18.2 Å². The molecule has 0 saturated carbocycles. The van der Waals surface area contributed by atoms with Gasteiger partial charge in [0.25, 0.3) is 0 Å². The molecule has 0 atom stereocenters. The average molecular weight is 260 g/mol. The van der Waals surface area contributed by atoms with Gasteiger partial charge in [0.1, 0.15) is 0 Å². The van der Waals surface area contributed by atoms with Crippen molar-refractivity contribution in [2.24, 2.45) is 0 Å². The monoisotopic (exact) mass is 260 g/mol. The van der Waals surface area contributed by atoms with E-state index in [0.29, 0.717) is 5.69 Å². The van der Waals surface area contributed by atoms with Crippen LogP contribution in [0, 0.1) is 5.41 Å². The molecule has 4 N–H and O–H groups in total. The van der Waals surface area contributed by atoms with Crippen molar-refractivity contribution in [3.05, 3.63) is 23.8 Å². The molecule has 0 unspecified atom stereocenters. The highest BCUT2D eigenvalue weighted by Crippen LogP contribution is 2.17. The number of likely N-dealkylation sites (tertiary alicyclic amines) is 1. The van der Waals surface area contributed by atoms with Crippen LogP contribution in [0.5, 0.6) is 0 Å². The Kier molecular flexibility index (Phi) is 5.21. The smallest absolute Gasteiger partial charge is 0.0430 e. The van der Waals surface area contributed by atoms with E-state index < -0.39 is 0 Å². The molecule has 0 aromatic heterocycles. The molecule has 0 bridgehead atoms. The molecule has 1 heterocycles. The van der Waals surface area contributed by atoms with Crippen molar-refractivity contribution >= 4 is 17.6 Å². The molecular formula is C15H24N4. The Morgan fingerprint density at radius 2 is 2.05 bits per heavy atom. The summed E-state index contributed by atoms with van der Waals surface area (Å²) in [4.78, 5) is 2.55. The van der Waals surface area contributed by atoms with Crippen LogP contribution in [0.1, 0.15) is 31.2 Å². The van der Waals surface area contributed by atoms with E-state index in [9.17, 15) is 0 Å². The third-order valence-corrected chi connectivity index (χ3v) is 3.65. The van der Waals surface area contributed by atoms with Gasteiger partial charge in [-0.15, -0.1) is 0 Å². The first-order valence-electron chi connectivity index (χ1n) is 7.16. The van der Waals surface area contributed by atoms with Crippen molar-refractivity contribution < 1.29 is 0 Å². The van der Waals surface area contributed by atoms with Crippen LogP contribution in [0.25, 0.3) is 0 Å². The molecule has 19 heavy (non-hydrogen) atoms. The highest BCUT2D eigenvalue weighted by Gasteiger charge is 2.08. The molecule has 0 spiro atoms. The minimum Gasteiger partial charge on any atom is -0.399 e. The first kappa shape index (κ1) is 13.9. The molecule has 1 aliphatic heterocycles. The molecule has 1 fully saturated rings. The fourth-order valence-corrected chi connectivity index (χ4v) is 2.57. The van der Waals surface area contributed by atoms with Crippen LogP contribution in [0.4, 0.5) is 11.4 Å². The fraction of sp³-hybridized carbons (Fsp3) is 0.533. The lowest BCUT2D eigenvalue weighted by molar-refractivity contribution is 0.228. The summed E-state index contributed by atoms with van der Waals surface area (Å²) < 4.78 is 0. The van der Waals surface area contributed by atoms with Gasteiger partial charge in [-0.2, -0.15) is 0 Å². The number of benzene rings is 1. The zero-order valence-electron chi connectivity index (χ0n) is 11.5. The Morgan fingerprint density at radius 3 is 2.79 bits per heavy atom. The lowest BCUT2D eigenvalue weighted by Crippen LogP contribution is -2.31. The molecule has 1 saturated heterocycles. The van der Waals surface area contributed by atoms with Gasteiger partial charge in [0, 0.05) is 29.7 Å². The van der Waals surface area contributed by atoms with Gasteiger partial charge in [0.2, 0.25) is 0 Å². The van der Waals surface area contributed by atoms with E-state index in [1.165, 1.54) is 45.1 Å². The van der Waals surface area contributed by atoms with E-state index in [2.05, 4.69) is 10.2 Å².